The van der Waals surface area contributed by atoms with Crippen LogP contribution in [0, 0.1) is 14.9 Å². The Labute approximate surface area is 140 Å². The Kier molecular flexibility index (Phi) is 4.17. The molecule has 0 amide bonds. The summed E-state index contributed by atoms with van der Waals surface area (Å²) >= 11 is 5.15. The number of H-pyrrole nitrogens is 1. The molecule has 0 unspecified atom stereocenters. The predicted octanol–water partition coefficient (Wildman–Crippen LogP) is 3.10. The van der Waals surface area contributed by atoms with Crippen molar-refractivity contribution >= 4 is 24.1 Å². The van der Waals surface area contributed by atoms with Crippen LogP contribution in [-0.4, -0.2) is 31.1 Å². The van der Waals surface area contributed by atoms with Crippen LogP contribution in [0.3, 0.4) is 0 Å². The van der Waals surface area contributed by atoms with Crippen molar-refractivity contribution in [2.24, 2.45) is 5.10 Å². The summed E-state index contributed by atoms with van der Waals surface area (Å²) in [6, 6.07) is 13.0. The number of aromatic nitrogens is 3. The van der Waals surface area contributed by atoms with E-state index in [0.29, 0.717) is 5.82 Å². The molecule has 24 heavy (non-hydrogen) atoms. The third kappa shape index (κ3) is 3.06. The average molecular weight is 341 g/mol. The van der Waals surface area contributed by atoms with Gasteiger partial charge < -0.3 is 5.11 Å². The molecule has 1 aromatic heterocycles. The molecule has 0 saturated carbocycles. The van der Waals surface area contributed by atoms with E-state index in [9.17, 15) is 15.2 Å². The van der Waals surface area contributed by atoms with Gasteiger partial charge in [-0.1, -0.05) is 30.3 Å². The van der Waals surface area contributed by atoms with E-state index < -0.39 is 4.92 Å². The maximum absolute atomic E-state index is 10.8. The third-order valence-electron chi connectivity index (χ3n) is 3.22. The highest BCUT2D eigenvalue weighted by Crippen LogP contribution is 2.22. The first-order valence-corrected chi connectivity index (χ1v) is 7.21. The number of nitro groups is 1. The molecule has 0 aliphatic rings. The Morgan fingerprint density at radius 1 is 1.29 bits per heavy atom. The molecule has 0 radical (unpaired) electrons. The molecule has 0 fully saturated rings. The SMILES string of the molecule is O=[N+]([O-])c1ccc(O)c(C=Nn2c(-c3ccccc3)n[nH]c2=S)c1. The van der Waals surface area contributed by atoms with Gasteiger partial charge in [-0.2, -0.15) is 14.9 Å². The van der Waals surface area contributed by atoms with Crippen LogP contribution in [0.5, 0.6) is 5.75 Å². The monoisotopic (exact) mass is 341 g/mol. The smallest absolute Gasteiger partial charge is 0.270 e. The molecule has 8 nitrogen and oxygen atoms in total. The van der Waals surface area contributed by atoms with Crippen molar-refractivity contribution in [3.05, 3.63) is 69.0 Å². The molecule has 9 heteroatoms. The number of nitrogens with one attached hydrogen (secondary N) is 1. The van der Waals surface area contributed by atoms with Crippen LogP contribution in [0.4, 0.5) is 5.69 Å². The van der Waals surface area contributed by atoms with Gasteiger partial charge in [-0.15, -0.1) is 0 Å². The normalized spacial score (nSPS) is 11.0. The topological polar surface area (TPSA) is 109 Å². The molecule has 120 valence electrons. The third-order valence-corrected chi connectivity index (χ3v) is 3.48. The molecular formula is C15H11N5O3S. The van der Waals surface area contributed by atoms with Crippen molar-refractivity contribution in [1.82, 2.24) is 14.9 Å². The van der Waals surface area contributed by atoms with Crippen LogP contribution in [0.25, 0.3) is 11.4 Å². The van der Waals surface area contributed by atoms with E-state index in [1.54, 1.807) is 0 Å². The summed E-state index contributed by atoms with van der Waals surface area (Å²) < 4.78 is 1.64. The van der Waals surface area contributed by atoms with Crippen LogP contribution in [0.15, 0.2) is 53.6 Å². The minimum absolute atomic E-state index is 0.124. The predicted molar refractivity (Wildman–Crippen MR) is 90.6 cm³/mol. The first-order valence-electron chi connectivity index (χ1n) is 6.81. The minimum atomic E-state index is -0.546. The van der Waals surface area contributed by atoms with E-state index in [4.69, 9.17) is 12.2 Å². The highest BCUT2D eigenvalue weighted by molar-refractivity contribution is 7.71. The van der Waals surface area contributed by atoms with E-state index in [0.717, 1.165) is 5.56 Å². The van der Waals surface area contributed by atoms with Gasteiger partial charge in [0.05, 0.1) is 11.1 Å². The summed E-state index contributed by atoms with van der Waals surface area (Å²) in [6.45, 7) is 0. The summed E-state index contributed by atoms with van der Waals surface area (Å²) in [7, 11) is 0. The molecular weight excluding hydrogens is 330 g/mol. The van der Waals surface area contributed by atoms with Crippen LogP contribution in [0.2, 0.25) is 0 Å². The Morgan fingerprint density at radius 3 is 2.75 bits per heavy atom. The van der Waals surface area contributed by atoms with E-state index in [1.807, 2.05) is 30.3 Å². The molecule has 0 bridgehead atoms. The van der Waals surface area contributed by atoms with Gasteiger partial charge in [-0.3, -0.25) is 10.1 Å². The van der Waals surface area contributed by atoms with Crippen LogP contribution < -0.4 is 0 Å². The Morgan fingerprint density at radius 2 is 2.04 bits per heavy atom. The van der Waals surface area contributed by atoms with Gasteiger partial charge in [0.25, 0.3) is 5.69 Å². The molecule has 0 spiro atoms. The first-order chi connectivity index (χ1) is 11.6. The Bertz CT molecular complexity index is 978. The number of aromatic hydroxyl groups is 1. The lowest BCUT2D eigenvalue weighted by atomic mass is 10.2. The molecule has 3 aromatic rings. The summed E-state index contributed by atoms with van der Waals surface area (Å²) in [4.78, 5) is 10.3. The number of benzene rings is 2. The van der Waals surface area contributed by atoms with E-state index >= 15 is 0 Å². The van der Waals surface area contributed by atoms with Crippen LogP contribution >= 0.6 is 12.2 Å². The number of non-ortho nitro benzene ring substituents is 1. The number of aromatic amines is 1. The summed E-state index contributed by atoms with van der Waals surface area (Å²) in [5.74, 6) is 0.363. The number of hydrogen-bond acceptors (Lipinski definition) is 6. The van der Waals surface area contributed by atoms with E-state index in [-0.39, 0.29) is 21.8 Å². The van der Waals surface area contributed by atoms with Gasteiger partial charge in [-0.05, 0) is 18.3 Å². The quantitative estimate of drug-likeness (QED) is 0.328. The first kappa shape index (κ1) is 15.6. The number of phenols is 1. The lowest BCUT2D eigenvalue weighted by Crippen LogP contribution is -1.96. The second kappa shape index (κ2) is 6.42. The van der Waals surface area contributed by atoms with Crippen molar-refractivity contribution in [3.63, 3.8) is 0 Å². The molecule has 0 aliphatic carbocycles. The Hall–Kier alpha value is -3.33. The highest BCUT2D eigenvalue weighted by Gasteiger charge is 2.10. The van der Waals surface area contributed by atoms with Crippen LogP contribution in [0.1, 0.15) is 5.56 Å². The highest BCUT2D eigenvalue weighted by atomic mass is 32.1. The lowest BCUT2D eigenvalue weighted by Gasteiger charge is -2.01. The van der Waals surface area contributed by atoms with Gasteiger partial charge in [0.15, 0.2) is 5.82 Å². The Balaban J connectivity index is 2.02. The molecule has 1 heterocycles. The van der Waals surface area contributed by atoms with Crippen molar-refractivity contribution in [2.75, 3.05) is 0 Å². The molecule has 2 N–H and O–H groups in total. The number of phenolic OH excluding ortho intramolecular Hbond substituents is 1. The van der Waals surface area contributed by atoms with Crippen molar-refractivity contribution in [3.8, 4) is 17.1 Å². The maximum Gasteiger partial charge on any atom is 0.270 e. The molecule has 2 aromatic carbocycles. The fourth-order valence-corrected chi connectivity index (χ4v) is 2.23. The zero-order chi connectivity index (χ0) is 17.1. The van der Waals surface area contributed by atoms with E-state index in [2.05, 4.69) is 15.3 Å². The fraction of sp³-hybridized carbons (Fsp3) is 0. The molecule has 3 rings (SSSR count). The average Bonchev–Trinajstić information content (AvgIpc) is 2.95. The standard InChI is InChI=1S/C15H11N5O3S/c21-13-7-6-12(20(22)23)8-11(13)9-16-19-14(17-18-15(19)24)10-4-2-1-3-5-10/h1-9,21H,(H,18,24). The maximum atomic E-state index is 10.8. The zero-order valence-electron chi connectivity index (χ0n) is 12.2. The second-order valence-corrected chi connectivity index (χ2v) is 5.16. The summed E-state index contributed by atoms with van der Waals surface area (Å²) in [5, 5.41) is 31.6. The number of rotatable bonds is 4. The van der Waals surface area contributed by atoms with E-state index in [1.165, 1.54) is 29.1 Å². The number of nitro benzene ring substituents is 1. The summed E-state index contributed by atoms with van der Waals surface area (Å²) in [5.41, 5.74) is 0.852. The number of hydrogen-bond donors (Lipinski definition) is 2. The minimum Gasteiger partial charge on any atom is -0.507 e. The summed E-state index contributed by atoms with van der Waals surface area (Å²) in [6.07, 6.45) is 1.29. The lowest BCUT2D eigenvalue weighted by molar-refractivity contribution is -0.384. The largest absolute Gasteiger partial charge is 0.507 e. The van der Waals surface area contributed by atoms with Gasteiger partial charge >= 0.3 is 0 Å². The van der Waals surface area contributed by atoms with Crippen molar-refractivity contribution in [1.29, 1.82) is 0 Å². The molecule has 0 saturated heterocycles. The van der Waals surface area contributed by atoms with Gasteiger partial charge in [-0.25, -0.2) is 5.10 Å². The fourth-order valence-electron chi connectivity index (χ4n) is 2.05. The zero-order valence-corrected chi connectivity index (χ0v) is 13.0. The molecule has 0 atom stereocenters. The van der Waals surface area contributed by atoms with Crippen molar-refractivity contribution < 1.29 is 10.0 Å². The number of nitrogens with zero attached hydrogens (tertiary/aromatic N) is 4. The van der Waals surface area contributed by atoms with Crippen LogP contribution in [-0.2, 0) is 0 Å². The van der Waals surface area contributed by atoms with Gasteiger partial charge in [0, 0.05) is 23.3 Å². The molecule has 0 aliphatic heterocycles. The van der Waals surface area contributed by atoms with Gasteiger partial charge in [0.2, 0.25) is 4.77 Å². The second-order valence-electron chi connectivity index (χ2n) is 4.77. The van der Waals surface area contributed by atoms with Gasteiger partial charge in [0.1, 0.15) is 5.75 Å². The van der Waals surface area contributed by atoms with Crippen molar-refractivity contribution in [2.45, 2.75) is 0 Å².